The van der Waals surface area contributed by atoms with Gasteiger partial charge < -0.3 is 15.8 Å². The summed E-state index contributed by atoms with van der Waals surface area (Å²) in [4.78, 5) is 7.03. The van der Waals surface area contributed by atoms with E-state index in [0.717, 1.165) is 32.7 Å². The molecule has 0 unspecified atom stereocenters. The summed E-state index contributed by atoms with van der Waals surface area (Å²) in [5.41, 5.74) is 5.89. The zero-order chi connectivity index (χ0) is 14.8. The van der Waals surface area contributed by atoms with E-state index in [0.29, 0.717) is 17.9 Å². The van der Waals surface area contributed by atoms with Crippen molar-refractivity contribution in [1.29, 1.82) is 0 Å². The van der Waals surface area contributed by atoms with E-state index in [1.54, 1.807) is 0 Å². The molecule has 1 heterocycles. The Bertz CT molecular complexity index is 281. The quantitative estimate of drug-likeness (QED) is 0.382. The summed E-state index contributed by atoms with van der Waals surface area (Å²) in [5.74, 6) is 1.28. The second-order valence-electron chi connectivity index (χ2n) is 5.89. The van der Waals surface area contributed by atoms with Crippen LogP contribution in [-0.4, -0.2) is 56.3 Å². The van der Waals surface area contributed by atoms with Crippen LogP contribution in [0.15, 0.2) is 4.99 Å². The summed E-state index contributed by atoms with van der Waals surface area (Å²) in [6, 6.07) is 0.571. The summed E-state index contributed by atoms with van der Waals surface area (Å²) in [5, 5.41) is 3.15. The van der Waals surface area contributed by atoms with Crippen molar-refractivity contribution in [3.05, 3.63) is 0 Å². The first-order chi connectivity index (χ1) is 9.63. The third kappa shape index (κ3) is 7.10. The number of nitrogens with zero attached hydrogens (tertiary/aromatic N) is 2. The highest BCUT2D eigenvalue weighted by molar-refractivity contribution is 5.77. The Hall–Kier alpha value is -0.810. The van der Waals surface area contributed by atoms with E-state index in [1.807, 2.05) is 6.92 Å². The van der Waals surface area contributed by atoms with Crippen molar-refractivity contribution in [2.24, 2.45) is 16.6 Å². The zero-order valence-corrected chi connectivity index (χ0v) is 13.4. The van der Waals surface area contributed by atoms with Crippen LogP contribution in [-0.2, 0) is 4.74 Å². The number of hydrogen-bond donors (Lipinski definition) is 2. The average molecular weight is 284 g/mol. The average Bonchev–Trinajstić information content (AvgIpc) is 2.82. The van der Waals surface area contributed by atoms with Gasteiger partial charge in [0.1, 0.15) is 0 Å². The minimum atomic E-state index is 0.567. The van der Waals surface area contributed by atoms with Crippen molar-refractivity contribution in [2.45, 2.75) is 46.1 Å². The van der Waals surface area contributed by atoms with Gasteiger partial charge in [0.2, 0.25) is 0 Å². The number of ether oxygens (including phenoxy) is 1. The molecule has 3 N–H and O–H groups in total. The molecule has 20 heavy (non-hydrogen) atoms. The Kier molecular flexibility index (Phi) is 8.62. The molecule has 1 saturated heterocycles. The van der Waals surface area contributed by atoms with E-state index >= 15 is 0 Å². The fourth-order valence-corrected chi connectivity index (χ4v) is 2.61. The molecule has 5 heteroatoms. The maximum absolute atomic E-state index is 5.89. The SMILES string of the molecule is CCOCCCNC(N)=NC[C@@H]1CCCN1CC(C)C. The number of hydrogen-bond acceptors (Lipinski definition) is 3. The molecule has 0 aromatic heterocycles. The molecule has 1 aliphatic heterocycles. The summed E-state index contributed by atoms with van der Waals surface area (Å²) < 4.78 is 5.28. The maximum atomic E-state index is 5.89. The van der Waals surface area contributed by atoms with Crippen molar-refractivity contribution in [3.63, 3.8) is 0 Å². The van der Waals surface area contributed by atoms with E-state index in [4.69, 9.17) is 10.5 Å². The lowest BCUT2D eigenvalue weighted by Gasteiger charge is -2.24. The fraction of sp³-hybridized carbons (Fsp3) is 0.933. The molecule has 0 radical (unpaired) electrons. The van der Waals surface area contributed by atoms with Gasteiger partial charge in [0.25, 0.3) is 0 Å². The molecule has 0 spiro atoms. The monoisotopic (exact) mass is 284 g/mol. The second-order valence-corrected chi connectivity index (χ2v) is 5.89. The predicted octanol–water partition coefficient (Wildman–Crippen LogP) is 1.44. The van der Waals surface area contributed by atoms with Gasteiger partial charge in [-0.2, -0.15) is 0 Å². The van der Waals surface area contributed by atoms with E-state index in [9.17, 15) is 0 Å². The first-order valence-corrected chi connectivity index (χ1v) is 7.99. The number of nitrogens with two attached hydrogens (primary N) is 1. The van der Waals surface area contributed by atoms with E-state index in [-0.39, 0.29) is 0 Å². The highest BCUT2D eigenvalue weighted by Gasteiger charge is 2.24. The predicted molar refractivity (Wildman–Crippen MR) is 85.0 cm³/mol. The van der Waals surface area contributed by atoms with E-state index in [2.05, 4.69) is 29.1 Å². The van der Waals surface area contributed by atoms with Gasteiger partial charge in [-0.1, -0.05) is 13.8 Å². The van der Waals surface area contributed by atoms with Gasteiger partial charge in [-0.3, -0.25) is 9.89 Å². The molecule has 0 amide bonds. The van der Waals surface area contributed by atoms with Gasteiger partial charge >= 0.3 is 0 Å². The molecule has 5 nitrogen and oxygen atoms in total. The summed E-state index contributed by atoms with van der Waals surface area (Å²) >= 11 is 0. The van der Waals surface area contributed by atoms with Crippen LogP contribution in [0, 0.1) is 5.92 Å². The molecule has 0 aromatic rings. The standard InChI is InChI=1S/C15H32N4O/c1-4-20-10-6-8-17-15(16)18-11-14-7-5-9-19(14)12-13(2)3/h13-14H,4-12H2,1-3H3,(H3,16,17,18)/t14-/m0/s1. The molecular formula is C15H32N4O. The molecule has 0 saturated carbocycles. The Balaban J connectivity index is 2.20. The molecular weight excluding hydrogens is 252 g/mol. The number of likely N-dealkylation sites (tertiary alicyclic amines) is 1. The first-order valence-electron chi connectivity index (χ1n) is 7.99. The molecule has 0 bridgehead atoms. The van der Waals surface area contributed by atoms with Crippen molar-refractivity contribution < 1.29 is 4.74 Å². The van der Waals surface area contributed by atoms with Crippen LogP contribution in [0.2, 0.25) is 0 Å². The smallest absolute Gasteiger partial charge is 0.188 e. The Labute approximate surface area is 124 Å². The van der Waals surface area contributed by atoms with Crippen LogP contribution in [0.5, 0.6) is 0 Å². The van der Waals surface area contributed by atoms with Crippen LogP contribution >= 0.6 is 0 Å². The number of guanidine groups is 1. The zero-order valence-electron chi connectivity index (χ0n) is 13.4. The van der Waals surface area contributed by atoms with Gasteiger partial charge in [0, 0.05) is 32.3 Å². The lowest BCUT2D eigenvalue weighted by molar-refractivity contribution is 0.145. The lowest BCUT2D eigenvalue weighted by atomic mass is 10.2. The van der Waals surface area contributed by atoms with Crippen molar-refractivity contribution in [3.8, 4) is 0 Å². The molecule has 1 fully saturated rings. The Morgan fingerprint density at radius 1 is 1.50 bits per heavy atom. The number of rotatable bonds is 9. The van der Waals surface area contributed by atoms with Crippen LogP contribution < -0.4 is 11.1 Å². The second kappa shape index (κ2) is 10.00. The van der Waals surface area contributed by atoms with Crippen molar-refractivity contribution in [2.75, 3.05) is 39.4 Å². The van der Waals surface area contributed by atoms with E-state index < -0.39 is 0 Å². The molecule has 1 rings (SSSR count). The van der Waals surface area contributed by atoms with Crippen molar-refractivity contribution in [1.82, 2.24) is 10.2 Å². The van der Waals surface area contributed by atoms with Gasteiger partial charge in [0.15, 0.2) is 5.96 Å². The number of aliphatic imine (C=N–C) groups is 1. The number of nitrogens with one attached hydrogen (secondary N) is 1. The molecule has 0 aromatic carbocycles. The van der Waals surface area contributed by atoms with Gasteiger partial charge in [-0.25, -0.2) is 0 Å². The summed E-state index contributed by atoms with van der Waals surface area (Å²) in [6.07, 6.45) is 3.50. The minimum absolute atomic E-state index is 0.567. The fourth-order valence-electron chi connectivity index (χ4n) is 2.61. The third-order valence-corrected chi connectivity index (χ3v) is 3.55. The largest absolute Gasteiger partial charge is 0.382 e. The van der Waals surface area contributed by atoms with Gasteiger partial charge in [-0.05, 0) is 38.6 Å². The highest BCUT2D eigenvalue weighted by atomic mass is 16.5. The molecule has 1 atom stereocenters. The molecule has 118 valence electrons. The highest BCUT2D eigenvalue weighted by Crippen LogP contribution is 2.18. The van der Waals surface area contributed by atoms with E-state index in [1.165, 1.54) is 25.9 Å². The Morgan fingerprint density at radius 2 is 2.30 bits per heavy atom. The lowest BCUT2D eigenvalue weighted by Crippen LogP contribution is -2.37. The minimum Gasteiger partial charge on any atom is -0.382 e. The first kappa shape index (κ1) is 17.2. The van der Waals surface area contributed by atoms with Crippen LogP contribution in [0.3, 0.4) is 0 Å². The van der Waals surface area contributed by atoms with Gasteiger partial charge in [0.05, 0.1) is 6.54 Å². The summed E-state index contributed by atoms with van der Waals surface area (Å²) in [6.45, 7) is 12.1. The normalized spacial score (nSPS) is 20.8. The third-order valence-electron chi connectivity index (χ3n) is 3.55. The van der Waals surface area contributed by atoms with Crippen LogP contribution in [0.4, 0.5) is 0 Å². The van der Waals surface area contributed by atoms with Gasteiger partial charge in [-0.15, -0.1) is 0 Å². The topological polar surface area (TPSA) is 62.9 Å². The summed E-state index contributed by atoms with van der Waals surface area (Å²) in [7, 11) is 0. The molecule has 0 aliphatic carbocycles. The molecule has 1 aliphatic rings. The van der Waals surface area contributed by atoms with Crippen LogP contribution in [0.1, 0.15) is 40.0 Å². The maximum Gasteiger partial charge on any atom is 0.188 e. The van der Waals surface area contributed by atoms with Crippen LogP contribution in [0.25, 0.3) is 0 Å². The van der Waals surface area contributed by atoms with Crippen molar-refractivity contribution >= 4 is 5.96 Å². The Morgan fingerprint density at radius 3 is 3.00 bits per heavy atom.